The summed E-state index contributed by atoms with van der Waals surface area (Å²) in [4.78, 5) is 39.6. The second-order valence-corrected chi connectivity index (χ2v) is 7.85. The minimum Gasteiger partial charge on any atom is -0.475 e. The maximum absolute atomic E-state index is 13.0. The van der Waals surface area contributed by atoms with Gasteiger partial charge >= 0.3 is 12.1 Å². The van der Waals surface area contributed by atoms with Crippen molar-refractivity contribution in [1.29, 1.82) is 0 Å². The molecule has 1 aromatic carbocycles. The summed E-state index contributed by atoms with van der Waals surface area (Å²) in [6, 6.07) is 9.17. The van der Waals surface area contributed by atoms with Crippen LogP contribution < -0.4 is 5.32 Å². The van der Waals surface area contributed by atoms with E-state index in [0.717, 1.165) is 31.6 Å². The largest absolute Gasteiger partial charge is 0.490 e. The highest BCUT2D eigenvalue weighted by molar-refractivity contribution is 5.97. The van der Waals surface area contributed by atoms with Crippen LogP contribution in [0.1, 0.15) is 39.3 Å². The Hall–Kier alpha value is -3.34. The molecule has 0 radical (unpaired) electrons. The summed E-state index contributed by atoms with van der Waals surface area (Å²) in [6.45, 7) is 4.49. The number of aliphatic carboxylic acids is 1. The SMILES string of the molecule is Cc1cc(C(=O)NCC2CCN(CC(=O)c3ccc(F)cc3)CC2)ccn1.O=C(O)C(F)(F)F. The molecule has 7 nitrogen and oxygen atoms in total. The van der Waals surface area contributed by atoms with Crippen molar-refractivity contribution in [2.75, 3.05) is 26.2 Å². The lowest BCUT2D eigenvalue weighted by molar-refractivity contribution is -0.192. The maximum atomic E-state index is 13.0. The van der Waals surface area contributed by atoms with Crippen molar-refractivity contribution in [3.8, 4) is 0 Å². The van der Waals surface area contributed by atoms with Crippen LogP contribution in [0.5, 0.6) is 0 Å². The minimum atomic E-state index is -5.08. The van der Waals surface area contributed by atoms with Gasteiger partial charge in [0.15, 0.2) is 5.78 Å². The molecule has 0 bridgehead atoms. The smallest absolute Gasteiger partial charge is 0.475 e. The van der Waals surface area contributed by atoms with Crippen molar-refractivity contribution in [2.24, 2.45) is 5.92 Å². The molecule has 0 spiro atoms. The molecule has 11 heteroatoms. The number of hydrogen-bond donors (Lipinski definition) is 2. The van der Waals surface area contributed by atoms with Crippen molar-refractivity contribution in [3.05, 3.63) is 65.2 Å². The topological polar surface area (TPSA) is 99.6 Å². The molecule has 1 aliphatic heterocycles. The zero-order valence-electron chi connectivity index (χ0n) is 18.4. The van der Waals surface area contributed by atoms with Crippen molar-refractivity contribution in [2.45, 2.75) is 25.9 Å². The van der Waals surface area contributed by atoms with Gasteiger partial charge in [-0.15, -0.1) is 0 Å². The minimum absolute atomic E-state index is 0.00908. The van der Waals surface area contributed by atoms with Gasteiger partial charge in [-0.2, -0.15) is 13.2 Å². The number of pyridine rings is 1. The number of benzene rings is 1. The summed E-state index contributed by atoms with van der Waals surface area (Å²) < 4.78 is 44.7. The van der Waals surface area contributed by atoms with Crippen LogP contribution >= 0.6 is 0 Å². The molecule has 3 rings (SSSR count). The summed E-state index contributed by atoms with van der Waals surface area (Å²) >= 11 is 0. The van der Waals surface area contributed by atoms with Gasteiger partial charge in [0.1, 0.15) is 5.82 Å². The van der Waals surface area contributed by atoms with Gasteiger partial charge in [0.25, 0.3) is 5.91 Å². The van der Waals surface area contributed by atoms with Crippen molar-refractivity contribution < 1.29 is 37.1 Å². The third-order valence-electron chi connectivity index (χ3n) is 5.19. The van der Waals surface area contributed by atoms with E-state index < -0.39 is 12.1 Å². The van der Waals surface area contributed by atoms with Crippen LogP contribution in [0.25, 0.3) is 0 Å². The number of amides is 1. The number of aromatic nitrogens is 1. The summed E-state index contributed by atoms with van der Waals surface area (Å²) in [5.41, 5.74) is 1.99. The monoisotopic (exact) mass is 483 g/mol. The molecule has 184 valence electrons. The lowest BCUT2D eigenvalue weighted by atomic mass is 9.96. The van der Waals surface area contributed by atoms with E-state index in [0.29, 0.717) is 30.1 Å². The normalized spacial score (nSPS) is 14.6. The molecule has 0 aliphatic carbocycles. The quantitative estimate of drug-likeness (QED) is 0.482. The van der Waals surface area contributed by atoms with E-state index in [1.54, 1.807) is 18.3 Å². The number of piperidine rings is 1. The third-order valence-corrected chi connectivity index (χ3v) is 5.19. The number of alkyl halides is 3. The Labute approximate surface area is 193 Å². The number of carboxylic acid groups (broad SMARTS) is 1. The van der Waals surface area contributed by atoms with E-state index in [1.807, 2.05) is 6.92 Å². The van der Waals surface area contributed by atoms with Crippen LogP contribution in [0.2, 0.25) is 0 Å². The Morgan fingerprint density at radius 3 is 2.21 bits per heavy atom. The Bertz CT molecular complexity index is 988. The van der Waals surface area contributed by atoms with E-state index in [1.165, 1.54) is 24.3 Å². The van der Waals surface area contributed by atoms with Gasteiger partial charge in [-0.05, 0) is 75.2 Å². The Kier molecular flexibility index (Phi) is 9.67. The summed E-state index contributed by atoms with van der Waals surface area (Å²) in [5, 5.41) is 10.1. The van der Waals surface area contributed by atoms with Gasteiger partial charge in [0.2, 0.25) is 0 Å². The number of hydrogen-bond acceptors (Lipinski definition) is 5. The van der Waals surface area contributed by atoms with Gasteiger partial charge in [0, 0.05) is 29.6 Å². The van der Waals surface area contributed by atoms with Crippen LogP contribution in [0.4, 0.5) is 17.6 Å². The van der Waals surface area contributed by atoms with Crippen LogP contribution in [-0.2, 0) is 4.79 Å². The molecule has 1 aromatic heterocycles. The second kappa shape index (κ2) is 12.2. The predicted octanol–water partition coefficient (Wildman–Crippen LogP) is 3.49. The number of carbonyl (C=O) groups excluding carboxylic acids is 2. The van der Waals surface area contributed by atoms with E-state index >= 15 is 0 Å². The highest BCUT2D eigenvalue weighted by Gasteiger charge is 2.38. The fourth-order valence-corrected chi connectivity index (χ4v) is 3.30. The third kappa shape index (κ3) is 8.89. The molecule has 2 heterocycles. The average molecular weight is 483 g/mol. The molecule has 1 aliphatic rings. The van der Waals surface area contributed by atoms with Crippen LogP contribution in [-0.4, -0.2) is 65.0 Å². The van der Waals surface area contributed by atoms with Crippen LogP contribution in [0.3, 0.4) is 0 Å². The first kappa shape index (κ1) is 26.9. The molecular weight excluding hydrogens is 458 g/mol. The molecule has 1 saturated heterocycles. The number of halogens is 4. The van der Waals surface area contributed by atoms with Crippen LogP contribution in [0.15, 0.2) is 42.6 Å². The summed E-state index contributed by atoms with van der Waals surface area (Å²) in [7, 11) is 0. The lowest BCUT2D eigenvalue weighted by Gasteiger charge is -2.31. The van der Waals surface area contributed by atoms with Crippen molar-refractivity contribution in [3.63, 3.8) is 0 Å². The standard InChI is InChI=1S/C21H24FN3O2.C2HF3O2/c1-15-12-18(6-9-23-15)21(27)24-13-16-7-10-25(11-8-16)14-20(26)17-2-4-19(22)5-3-17;3-2(4,5)1(6)7/h2-6,9,12,16H,7-8,10-11,13-14H2,1H3,(H,24,27);(H,6,7). The number of nitrogens with zero attached hydrogens (tertiary/aromatic N) is 2. The zero-order chi connectivity index (χ0) is 25.3. The number of carbonyl (C=O) groups is 3. The average Bonchev–Trinajstić information content (AvgIpc) is 2.78. The fraction of sp³-hybridized carbons (Fsp3) is 0.391. The Morgan fingerprint density at radius 1 is 1.09 bits per heavy atom. The van der Waals surface area contributed by atoms with Gasteiger partial charge in [-0.25, -0.2) is 9.18 Å². The molecule has 1 amide bonds. The Morgan fingerprint density at radius 2 is 1.68 bits per heavy atom. The molecule has 2 N–H and O–H groups in total. The van der Waals surface area contributed by atoms with Gasteiger partial charge in [0.05, 0.1) is 6.54 Å². The van der Waals surface area contributed by atoms with Crippen LogP contribution in [0, 0.1) is 18.7 Å². The fourth-order valence-electron chi connectivity index (χ4n) is 3.30. The number of nitrogens with one attached hydrogen (secondary N) is 1. The van der Waals surface area contributed by atoms with Gasteiger partial charge < -0.3 is 10.4 Å². The number of carboxylic acids is 1. The van der Waals surface area contributed by atoms with Gasteiger partial charge in [-0.3, -0.25) is 19.5 Å². The first-order chi connectivity index (χ1) is 16.0. The Balaban J connectivity index is 0.000000509. The molecule has 0 saturated carbocycles. The lowest BCUT2D eigenvalue weighted by Crippen LogP contribution is -2.40. The highest BCUT2D eigenvalue weighted by Crippen LogP contribution is 2.17. The van der Waals surface area contributed by atoms with Crippen molar-refractivity contribution >= 4 is 17.7 Å². The first-order valence-corrected chi connectivity index (χ1v) is 10.5. The van der Waals surface area contributed by atoms with E-state index in [2.05, 4.69) is 15.2 Å². The molecule has 0 atom stereocenters. The molecule has 2 aromatic rings. The second-order valence-electron chi connectivity index (χ2n) is 7.85. The number of ketones is 1. The zero-order valence-corrected chi connectivity index (χ0v) is 18.4. The molecule has 0 unspecified atom stereocenters. The summed E-state index contributed by atoms with van der Waals surface area (Å²) in [5.74, 6) is -2.75. The summed E-state index contributed by atoms with van der Waals surface area (Å²) in [6.07, 6.45) is -1.57. The molecule has 34 heavy (non-hydrogen) atoms. The van der Waals surface area contributed by atoms with E-state index in [-0.39, 0.29) is 17.5 Å². The van der Waals surface area contributed by atoms with E-state index in [9.17, 15) is 27.2 Å². The molecule has 1 fully saturated rings. The van der Waals surface area contributed by atoms with E-state index in [4.69, 9.17) is 9.90 Å². The number of Topliss-reactive ketones (excluding diaryl/α,β-unsaturated/α-hetero) is 1. The highest BCUT2D eigenvalue weighted by atomic mass is 19.4. The number of likely N-dealkylation sites (tertiary alicyclic amines) is 1. The first-order valence-electron chi connectivity index (χ1n) is 10.5. The maximum Gasteiger partial charge on any atom is 0.490 e. The number of aryl methyl sites for hydroxylation is 1. The molecular formula is C23H25F4N3O4. The van der Waals surface area contributed by atoms with Crippen molar-refractivity contribution in [1.82, 2.24) is 15.2 Å². The number of rotatable bonds is 6. The predicted molar refractivity (Wildman–Crippen MR) is 115 cm³/mol. The van der Waals surface area contributed by atoms with Gasteiger partial charge in [-0.1, -0.05) is 0 Å².